The standard InChI is InChI=1S/C14H16BrN2OS/c1-14(8-15)9-19-13-16(6-10-7-18-10)11-4-2-3-5-12(11)17(13)14/h2-5,10H,6-9H2,1H3/q+1/t10-,14+/m1/s1. The zero-order valence-corrected chi connectivity index (χ0v) is 13.2. The van der Waals surface area contributed by atoms with Gasteiger partial charge in [0.1, 0.15) is 18.2 Å². The van der Waals surface area contributed by atoms with Crippen molar-refractivity contribution < 1.29 is 9.30 Å². The second-order valence-electron chi connectivity index (χ2n) is 5.59. The van der Waals surface area contributed by atoms with E-state index in [4.69, 9.17) is 4.74 Å². The predicted octanol–water partition coefficient (Wildman–Crippen LogP) is 2.54. The van der Waals surface area contributed by atoms with E-state index in [9.17, 15) is 0 Å². The van der Waals surface area contributed by atoms with E-state index in [0.717, 1.165) is 24.2 Å². The third-order valence-corrected chi connectivity index (χ3v) is 6.60. The van der Waals surface area contributed by atoms with Crippen molar-refractivity contribution in [2.45, 2.75) is 30.3 Å². The van der Waals surface area contributed by atoms with Gasteiger partial charge >= 0.3 is 5.16 Å². The molecular formula is C14H16BrN2OS+. The molecule has 1 saturated heterocycles. The molecule has 5 heteroatoms. The number of epoxide rings is 1. The molecule has 2 aromatic rings. The minimum Gasteiger partial charge on any atom is -0.369 e. The normalized spacial score (nSPS) is 28.8. The molecule has 0 bridgehead atoms. The largest absolute Gasteiger partial charge is 0.369 e. The summed E-state index contributed by atoms with van der Waals surface area (Å²) in [6.45, 7) is 4.22. The molecule has 0 aliphatic carbocycles. The fraction of sp³-hybridized carbons (Fsp3) is 0.500. The van der Waals surface area contributed by atoms with Gasteiger partial charge in [-0.3, -0.25) is 0 Å². The first-order chi connectivity index (χ1) is 9.23. The average molecular weight is 340 g/mol. The zero-order chi connectivity index (χ0) is 13.0. The van der Waals surface area contributed by atoms with Gasteiger partial charge in [-0.15, -0.1) is 0 Å². The van der Waals surface area contributed by atoms with Crippen molar-refractivity contribution in [2.24, 2.45) is 0 Å². The number of halogens is 1. The fourth-order valence-electron chi connectivity index (χ4n) is 2.81. The first-order valence-electron chi connectivity index (χ1n) is 6.57. The molecule has 2 aliphatic rings. The Hall–Kier alpha value is -0.520. The molecule has 1 aromatic heterocycles. The molecule has 4 rings (SSSR count). The van der Waals surface area contributed by atoms with Crippen LogP contribution < -0.4 is 4.57 Å². The van der Waals surface area contributed by atoms with Gasteiger partial charge in [-0.2, -0.15) is 0 Å². The maximum Gasteiger partial charge on any atom is 0.319 e. The summed E-state index contributed by atoms with van der Waals surface area (Å²) < 4.78 is 10.4. The van der Waals surface area contributed by atoms with E-state index < -0.39 is 0 Å². The Morgan fingerprint density at radius 2 is 2.32 bits per heavy atom. The average Bonchev–Trinajstić information content (AvgIpc) is 3.11. The Morgan fingerprint density at radius 3 is 3.05 bits per heavy atom. The summed E-state index contributed by atoms with van der Waals surface area (Å²) in [6, 6.07) is 8.71. The highest BCUT2D eigenvalue weighted by atomic mass is 79.9. The summed E-state index contributed by atoms with van der Waals surface area (Å²) in [7, 11) is 0. The maximum atomic E-state index is 5.42. The molecule has 0 unspecified atom stereocenters. The molecule has 1 aromatic carbocycles. The van der Waals surface area contributed by atoms with Gasteiger partial charge < -0.3 is 4.74 Å². The lowest BCUT2D eigenvalue weighted by molar-refractivity contribution is -0.711. The molecule has 100 valence electrons. The van der Waals surface area contributed by atoms with Gasteiger partial charge in [0.25, 0.3) is 0 Å². The monoisotopic (exact) mass is 339 g/mol. The van der Waals surface area contributed by atoms with Crippen LogP contribution in [0.2, 0.25) is 0 Å². The molecule has 3 heterocycles. The van der Waals surface area contributed by atoms with Crippen LogP contribution in [0.5, 0.6) is 0 Å². The SMILES string of the molecule is C[C@]1(CBr)CSc2n1c1ccccc1[n+]2C[C@@H]1CO1. The van der Waals surface area contributed by atoms with Crippen molar-refractivity contribution in [1.29, 1.82) is 0 Å². The Morgan fingerprint density at radius 1 is 1.53 bits per heavy atom. The summed E-state index contributed by atoms with van der Waals surface area (Å²) in [5.41, 5.74) is 2.83. The summed E-state index contributed by atoms with van der Waals surface area (Å²) >= 11 is 5.65. The maximum absolute atomic E-state index is 5.42. The smallest absolute Gasteiger partial charge is 0.319 e. The van der Waals surface area contributed by atoms with Crippen molar-refractivity contribution in [1.82, 2.24) is 4.57 Å². The van der Waals surface area contributed by atoms with Gasteiger partial charge in [-0.1, -0.05) is 28.1 Å². The van der Waals surface area contributed by atoms with E-state index in [1.54, 1.807) is 0 Å². The number of fused-ring (bicyclic) bond motifs is 3. The second-order valence-corrected chi connectivity index (χ2v) is 7.10. The highest BCUT2D eigenvalue weighted by Gasteiger charge is 2.45. The molecule has 0 saturated carbocycles. The number of ether oxygens (including phenoxy) is 1. The Labute approximate surface area is 125 Å². The number of aromatic nitrogens is 2. The van der Waals surface area contributed by atoms with Crippen LogP contribution in [0.15, 0.2) is 29.4 Å². The first-order valence-corrected chi connectivity index (χ1v) is 8.68. The van der Waals surface area contributed by atoms with Crippen molar-refractivity contribution in [3.8, 4) is 0 Å². The molecule has 0 radical (unpaired) electrons. The van der Waals surface area contributed by atoms with Crippen molar-refractivity contribution in [3.05, 3.63) is 24.3 Å². The van der Waals surface area contributed by atoms with E-state index in [1.807, 2.05) is 11.8 Å². The Bertz CT molecular complexity index is 652. The molecule has 0 N–H and O–H groups in total. The third-order valence-electron chi connectivity index (χ3n) is 3.96. The van der Waals surface area contributed by atoms with Crippen LogP contribution in [0.3, 0.4) is 0 Å². The molecule has 2 atom stereocenters. The molecular weight excluding hydrogens is 324 g/mol. The number of para-hydroxylation sites is 2. The van der Waals surface area contributed by atoms with Crippen LogP contribution in [-0.4, -0.2) is 28.4 Å². The molecule has 19 heavy (non-hydrogen) atoms. The van der Waals surface area contributed by atoms with Crippen LogP contribution in [0.4, 0.5) is 0 Å². The van der Waals surface area contributed by atoms with E-state index in [0.29, 0.717) is 6.10 Å². The third kappa shape index (κ3) is 1.78. The molecule has 3 nitrogen and oxygen atoms in total. The highest BCUT2D eigenvalue weighted by Crippen LogP contribution is 2.40. The number of thioether (sulfide) groups is 1. The van der Waals surface area contributed by atoms with E-state index in [1.165, 1.54) is 16.2 Å². The van der Waals surface area contributed by atoms with Crippen molar-refractivity contribution in [3.63, 3.8) is 0 Å². The number of benzene rings is 1. The zero-order valence-electron chi connectivity index (χ0n) is 10.8. The number of imidazole rings is 1. The van der Waals surface area contributed by atoms with Gasteiger partial charge in [-0.25, -0.2) is 9.13 Å². The highest BCUT2D eigenvalue weighted by molar-refractivity contribution is 9.09. The number of rotatable bonds is 3. The van der Waals surface area contributed by atoms with Gasteiger partial charge in [-0.05, 0) is 30.8 Å². The van der Waals surface area contributed by atoms with Crippen molar-refractivity contribution in [2.75, 3.05) is 17.7 Å². The quantitative estimate of drug-likeness (QED) is 0.487. The molecule has 0 spiro atoms. The van der Waals surface area contributed by atoms with Gasteiger partial charge in [0.05, 0.1) is 6.61 Å². The second kappa shape index (κ2) is 4.24. The molecule has 2 aliphatic heterocycles. The number of alkyl halides is 1. The summed E-state index contributed by atoms with van der Waals surface area (Å²) in [5, 5.41) is 2.36. The lowest BCUT2D eigenvalue weighted by atomic mass is 10.1. The minimum absolute atomic E-state index is 0.162. The van der Waals surface area contributed by atoms with Crippen LogP contribution in [-0.2, 0) is 16.8 Å². The number of hydrogen-bond acceptors (Lipinski definition) is 2. The Balaban J connectivity index is 1.97. The van der Waals surface area contributed by atoms with Gasteiger partial charge in [0, 0.05) is 11.1 Å². The number of hydrogen-bond donors (Lipinski definition) is 0. The van der Waals surface area contributed by atoms with Gasteiger partial charge in [0.15, 0.2) is 11.0 Å². The summed E-state index contributed by atoms with van der Waals surface area (Å²) in [4.78, 5) is 0. The first kappa shape index (κ1) is 12.2. The van der Waals surface area contributed by atoms with Crippen LogP contribution in [0.1, 0.15) is 6.92 Å². The molecule has 1 fully saturated rings. The molecule has 0 amide bonds. The predicted molar refractivity (Wildman–Crippen MR) is 80.0 cm³/mol. The Kier molecular flexibility index (Phi) is 2.73. The van der Waals surface area contributed by atoms with E-state index in [-0.39, 0.29) is 5.54 Å². The van der Waals surface area contributed by atoms with Crippen LogP contribution in [0, 0.1) is 0 Å². The lowest BCUT2D eigenvalue weighted by Gasteiger charge is -2.17. The van der Waals surface area contributed by atoms with Crippen LogP contribution >= 0.6 is 27.7 Å². The van der Waals surface area contributed by atoms with E-state index in [2.05, 4.69) is 56.3 Å². The van der Waals surface area contributed by atoms with Crippen LogP contribution in [0.25, 0.3) is 11.0 Å². The summed E-state index contributed by atoms with van der Waals surface area (Å²) in [6.07, 6.45) is 0.414. The topological polar surface area (TPSA) is 21.3 Å². The number of nitrogens with zero attached hydrogens (tertiary/aromatic N) is 2. The van der Waals surface area contributed by atoms with E-state index >= 15 is 0 Å². The summed E-state index contributed by atoms with van der Waals surface area (Å²) in [5.74, 6) is 1.13. The van der Waals surface area contributed by atoms with Crippen molar-refractivity contribution >= 4 is 38.7 Å². The van der Waals surface area contributed by atoms with Gasteiger partial charge in [0.2, 0.25) is 0 Å². The fourth-order valence-corrected chi connectivity index (χ4v) is 4.97. The minimum atomic E-state index is 0.162. The lowest BCUT2D eigenvalue weighted by Crippen LogP contribution is -2.38.